The number of sulfonamides is 1. The fourth-order valence-corrected chi connectivity index (χ4v) is 4.53. The monoisotopic (exact) mass is 359 g/mol. The number of rotatable bonds is 3. The molecule has 2 aliphatic rings. The summed E-state index contributed by atoms with van der Waals surface area (Å²) in [6, 6.07) is 7.03. The van der Waals surface area contributed by atoms with Gasteiger partial charge in [0.25, 0.3) is 0 Å². The highest BCUT2D eigenvalue weighted by Crippen LogP contribution is 2.25. The third kappa shape index (κ3) is 4.16. The Labute approximate surface area is 143 Å². The van der Waals surface area contributed by atoms with E-state index in [4.69, 9.17) is 0 Å². The van der Waals surface area contributed by atoms with Crippen LogP contribution < -0.4 is 14.9 Å². The fourth-order valence-electron chi connectivity index (χ4n) is 2.97. The van der Waals surface area contributed by atoms with Crippen LogP contribution in [-0.2, 0) is 14.8 Å². The molecule has 8 heteroatoms. The summed E-state index contributed by atoms with van der Waals surface area (Å²) in [6.07, 6.45) is 2.38. The van der Waals surface area contributed by atoms with Gasteiger partial charge in [0.2, 0.25) is 15.9 Å². The predicted molar refractivity (Wildman–Crippen MR) is 93.7 cm³/mol. The summed E-state index contributed by atoms with van der Waals surface area (Å²) in [6.45, 7) is 2.29. The van der Waals surface area contributed by atoms with Gasteiger partial charge in [-0.05, 0) is 56.6 Å². The number of carbonyl (C=O) groups excluding carboxylic acids is 1. The van der Waals surface area contributed by atoms with Gasteiger partial charge in [0.15, 0.2) is 0 Å². The highest BCUT2D eigenvalue weighted by atomic mass is 35.5. The lowest BCUT2D eigenvalue weighted by Crippen LogP contribution is -2.34. The summed E-state index contributed by atoms with van der Waals surface area (Å²) >= 11 is 0. The SMILES string of the molecule is Cl.O=C(Nc1ccc(N2CCCS2(=O)=O)cc1)C1CCNCC1. The molecule has 0 aromatic heterocycles. The van der Waals surface area contributed by atoms with Gasteiger partial charge in [0.1, 0.15) is 0 Å². The van der Waals surface area contributed by atoms with Crippen molar-refractivity contribution in [3.8, 4) is 0 Å². The van der Waals surface area contributed by atoms with E-state index in [9.17, 15) is 13.2 Å². The average molecular weight is 360 g/mol. The number of carbonyl (C=O) groups is 1. The molecule has 0 radical (unpaired) electrons. The summed E-state index contributed by atoms with van der Waals surface area (Å²) in [5, 5.41) is 6.15. The Kier molecular flexibility index (Phi) is 5.89. The zero-order valence-electron chi connectivity index (χ0n) is 12.8. The van der Waals surface area contributed by atoms with Crippen molar-refractivity contribution in [2.45, 2.75) is 19.3 Å². The highest BCUT2D eigenvalue weighted by Gasteiger charge is 2.28. The van der Waals surface area contributed by atoms with Crippen LogP contribution in [0.4, 0.5) is 11.4 Å². The number of halogens is 1. The van der Waals surface area contributed by atoms with Crippen LogP contribution >= 0.6 is 12.4 Å². The second-order valence-electron chi connectivity index (χ2n) is 5.80. The van der Waals surface area contributed by atoms with Gasteiger partial charge in [0, 0.05) is 18.2 Å². The molecule has 2 N–H and O–H groups in total. The summed E-state index contributed by atoms with van der Waals surface area (Å²) in [7, 11) is -3.15. The highest BCUT2D eigenvalue weighted by molar-refractivity contribution is 7.93. The van der Waals surface area contributed by atoms with Gasteiger partial charge in [-0.2, -0.15) is 0 Å². The van der Waals surface area contributed by atoms with Crippen LogP contribution in [0.3, 0.4) is 0 Å². The van der Waals surface area contributed by atoms with Crippen molar-refractivity contribution in [3.63, 3.8) is 0 Å². The molecule has 0 unspecified atom stereocenters. The van der Waals surface area contributed by atoms with E-state index in [2.05, 4.69) is 10.6 Å². The first-order chi connectivity index (χ1) is 10.6. The van der Waals surface area contributed by atoms with Gasteiger partial charge >= 0.3 is 0 Å². The van der Waals surface area contributed by atoms with E-state index < -0.39 is 10.0 Å². The lowest BCUT2D eigenvalue weighted by molar-refractivity contribution is -0.120. The molecule has 1 aromatic rings. The van der Waals surface area contributed by atoms with Crippen LogP contribution in [0.2, 0.25) is 0 Å². The van der Waals surface area contributed by atoms with Crippen LogP contribution in [0.1, 0.15) is 19.3 Å². The Morgan fingerprint density at radius 2 is 1.83 bits per heavy atom. The van der Waals surface area contributed by atoms with Gasteiger partial charge in [-0.3, -0.25) is 9.10 Å². The number of benzene rings is 1. The van der Waals surface area contributed by atoms with Crippen molar-refractivity contribution in [2.24, 2.45) is 5.92 Å². The molecular weight excluding hydrogens is 338 g/mol. The number of amides is 1. The summed E-state index contributed by atoms with van der Waals surface area (Å²) in [5.74, 6) is 0.309. The van der Waals surface area contributed by atoms with E-state index >= 15 is 0 Å². The molecule has 23 heavy (non-hydrogen) atoms. The molecule has 1 amide bonds. The van der Waals surface area contributed by atoms with Crippen molar-refractivity contribution in [2.75, 3.05) is 35.0 Å². The number of hydrogen-bond donors (Lipinski definition) is 2. The smallest absolute Gasteiger partial charge is 0.235 e. The third-order valence-electron chi connectivity index (χ3n) is 4.23. The Morgan fingerprint density at radius 3 is 2.39 bits per heavy atom. The van der Waals surface area contributed by atoms with Crippen LogP contribution in [0.25, 0.3) is 0 Å². The lowest BCUT2D eigenvalue weighted by atomic mass is 9.97. The first-order valence-electron chi connectivity index (χ1n) is 7.68. The van der Waals surface area contributed by atoms with E-state index in [1.165, 1.54) is 4.31 Å². The predicted octanol–water partition coefficient (Wildman–Crippen LogP) is 1.59. The Morgan fingerprint density at radius 1 is 1.17 bits per heavy atom. The molecule has 0 aliphatic carbocycles. The molecule has 2 saturated heterocycles. The molecule has 1 aromatic carbocycles. The lowest BCUT2D eigenvalue weighted by Gasteiger charge is -2.22. The van der Waals surface area contributed by atoms with E-state index in [1.807, 2.05) is 0 Å². The van der Waals surface area contributed by atoms with Gasteiger partial charge in [0.05, 0.1) is 11.4 Å². The molecule has 128 valence electrons. The summed E-state index contributed by atoms with van der Waals surface area (Å²) in [5.41, 5.74) is 1.38. The maximum absolute atomic E-state index is 12.2. The largest absolute Gasteiger partial charge is 0.326 e. The van der Waals surface area contributed by atoms with Crippen molar-refractivity contribution in [3.05, 3.63) is 24.3 Å². The zero-order valence-corrected chi connectivity index (χ0v) is 14.5. The number of hydrogen-bond acceptors (Lipinski definition) is 4. The van der Waals surface area contributed by atoms with E-state index in [0.717, 1.165) is 25.9 Å². The van der Waals surface area contributed by atoms with Gasteiger partial charge in [-0.25, -0.2) is 8.42 Å². The topological polar surface area (TPSA) is 78.5 Å². The number of piperidine rings is 1. The average Bonchev–Trinajstić information content (AvgIpc) is 2.88. The summed E-state index contributed by atoms with van der Waals surface area (Å²) < 4.78 is 25.2. The zero-order chi connectivity index (χ0) is 15.6. The molecule has 6 nitrogen and oxygen atoms in total. The minimum atomic E-state index is -3.15. The molecule has 3 rings (SSSR count). The molecule has 2 heterocycles. The molecule has 2 fully saturated rings. The maximum atomic E-state index is 12.2. The number of anilines is 2. The molecule has 0 atom stereocenters. The number of nitrogens with zero attached hydrogens (tertiary/aromatic N) is 1. The van der Waals surface area contributed by atoms with Gasteiger partial charge in [-0.1, -0.05) is 0 Å². The maximum Gasteiger partial charge on any atom is 0.235 e. The van der Waals surface area contributed by atoms with Crippen molar-refractivity contribution in [1.29, 1.82) is 0 Å². The van der Waals surface area contributed by atoms with Crippen LogP contribution in [0, 0.1) is 5.92 Å². The molecule has 0 saturated carbocycles. The minimum absolute atomic E-state index is 0. The number of nitrogens with one attached hydrogen (secondary N) is 2. The van der Waals surface area contributed by atoms with Crippen LogP contribution in [0.15, 0.2) is 24.3 Å². The first-order valence-corrected chi connectivity index (χ1v) is 9.29. The molecule has 0 bridgehead atoms. The van der Waals surface area contributed by atoms with Crippen molar-refractivity contribution >= 4 is 39.7 Å². The van der Waals surface area contributed by atoms with Gasteiger partial charge < -0.3 is 10.6 Å². The standard InChI is InChI=1S/C15H21N3O3S.ClH/c19-15(12-6-8-16-9-7-12)17-13-2-4-14(5-3-13)18-10-1-11-22(18,20)21;/h2-5,12,16H,1,6-11H2,(H,17,19);1H. The molecule has 2 aliphatic heterocycles. The third-order valence-corrected chi connectivity index (χ3v) is 6.10. The fraction of sp³-hybridized carbons (Fsp3) is 0.533. The Hall–Kier alpha value is -1.31. The minimum Gasteiger partial charge on any atom is -0.326 e. The van der Waals surface area contributed by atoms with Gasteiger partial charge in [-0.15, -0.1) is 12.4 Å². The normalized spacial score (nSPS) is 20.8. The second kappa shape index (κ2) is 7.51. The second-order valence-corrected chi connectivity index (χ2v) is 7.81. The van der Waals surface area contributed by atoms with Crippen molar-refractivity contribution in [1.82, 2.24) is 5.32 Å². The van der Waals surface area contributed by atoms with E-state index in [1.54, 1.807) is 24.3 Å². The van der Waals surface area contributed by atoms with E-state index in [0.29, 0.717) is 24.3 Å². The quantitative estimate of drug-likeness (QED) is 0.859. The first kappa shape index (κ1) is 18.0. The van der Waals surface area contributed by atoms with E-state index in [-0.39, 0.29) is 30.0 Å². The van der Waals surface area contributed by atoms with Crippen LogP contribution in [0.5, 0.6) is 0 Å². The Bertz CT molecular complexity index is 642. The molecular formula is C15H22ClN3O3S. The molecule has 0 spiro atoms. The van der Waals surface area contributed by atoms with Crippen LogP contribution in [-0.4, -0.2) is 39.7 Å². The van der Waals surface area contributed by atoms with Crippen molar-refractivity contribution < 1.29 is 13.2 Å². The summed E-state index contributed by atoms with van der Waals surface area (Å²) in [4.78, 5) is 12.2. The Balaban J connectivity index is 0.00000192.